The molecule has 0 saturated heterocycles. The molecule has 0 spiro atoms. The first-order valence-corrected chi connectivity index (χ1v) is 23.1. The number of hydrogen-bond donors (Lipinski definition) is 0. The Morgan fingerprint density at radius 3 is 1.06 bits per heavy atom. The van der Waals surface area contributed by atoms with E-state index in [2.05, 4.69) is 239 Å². The first-order valence-electron chi connectivity index (χ1n) is 23.1. The Labute approximate surface area is 387 Å². The highest BCUT2D eigenvalue weighted by Gasteiger charge is 2.46. The van der Waals surface area contributed by atoms with Gasteiger partial charge in [-0.15, -0.1) is 0 Å². The highest BCUT2D eigenvalue weighted by molar-refractivity contribution is 6.98. The van der Waals surface area contributed by atoms with E-state index in [0.29, 0.717) is 0 Å². The van der Waals surface area contributed by atoms with Crippen molar-refractivity contribution in [2.24, 2.45) is 0 Å². The molecule has 4 nitrogen and oxygen atoms in total. The monoisotopic (exact) mass is 850 g/mol. The van der Waals surface area contributed by atoms with Crippen molar-refractivity contribution in [3.63, 3.8) is 0 Å². The zero-order valence-electron chi connectivity index (χ0n) is 37.8. The predicted molar refractivity (Wildman–Crippen MR) is 273 cm³/mol. The minimum absolute atomic E-state index is 0.0675. The molecule has 9 aromatic carbocycles. The molecule has 0 fully saturated rings. The Morgan fingerprint density at radius 1 is 0.348 bits per heavy atom. The van der Waals surface area contributed by atoms with Crippen LogP contribution in [0.5, 0.6) is 23.0 Å². The van der Waals surface area contributed by atoms with Crippen LogP contribution >= 0.6 is 0 Å². The smallest absolute Gasteiger partial charge is 0.260 e. The Morgan fingerprint density at radius 2 is 0.697 bits per heavy atom. The second-order valence-corrected chi connectivity index (χ2v) is 19.4. The molecule has 0 saturated carbocycles. The maximum atomic E-state index is 7.01. The highest BCUT2D eigenvalue weighted by atomic mass is 16.5. The van der Waals surface area contributed by atoms with E-state index in [0.717, 1.165) is 68.1 Å². The summed E-state index contributed by atoms with van der Waals surface area (Å²) in [5.41, 5.74) is 21.0. The molecule has 0 atom stereocenters. The largest absolute Gasteiger partial charge is 0.458 e. The van der Waals surface area contributed by atoms with Gasteiger partial charge in [-0.1, -0.05) is 125 Å². The van der Waals surface area contributed by atoms with Gasteiger partial charge in [-0.25, -0.2) is 0 Å². The van der Waals surface area contributed by atoms with E-state index in [1.165, 1.54) is 55.4 Å². The van der Waals surface area contributed by atoms with E-state index in [9.17, 15) is 0 Å². The van der Waals surface area contributed by atoms with Crippen molar-refractivity contribution < 1.29 is 9.47 Å². The van der Waals surface area contributed by atoms with E-state index in [1.807, 2.05) is 0 Å². The number of aryl methyl sites for hydroxylation is 1. The molecule has 0 bridgehead atoms. The minimum Gasteiger partial charge on any atom is -0.458 e. The molecule has 66 heavy (non-hydrogen) atoms. The van der Waals surface area contributed by atoms with Gasteiger partial charge in [-0.2, -0.15) is 0 Å². The number of para-hydroxylation sites is 4. The van der Waals surface area contributed by atoms with Crippen LogP contribution in [0.25, 0.3) is 22.3 Å². The molecular formula is C61H47BN2O2. The number of nitrogens with zero attached hydrogens (tertiary/aromatic N) is 2. The molecule has 13 rings (SSSR count). The van der Waals surface area contributed by atoms with Crippen LogP contribution in [-0.2, 0) is 10.8 Å². The Kier molecular flexibility index (Phi) is 8.28. The first kappa shape index (κ1) is 38.7. The van der Waals surface area contributed by atoms with Crippen LogP contribution < -0.4 is 35.7 Å². The fraction of sp³-hybridized carbons (Fsp3) is 0.115. The molecule has 316 valence electrons. The van der Waals surface area contributed by atoms with Crippen molar-refractivity contribution in [1.29, 1.82) is 0 Å². The molecule has 9 aromatic rings. The fourth-order valence-electron chi connectivity index (χ4n) is 11.5. The molecule has 2 aliphatic carbocycles. The Balaban J connectivity index is 0.936. The summed E-state index contributed by atoms with van der Waals surface area (Å²) in [4.78, 5) is 4.71. The lowest BCUT2D eigenvalue weighted by Crippen LogP contribution is -2.57. The van der Waals surface area contributed by atoms with Crippen molar-refractivity contribution in [2.45, 2.75) is 45.4 Å². The topological polar surface area (TPSA) is 24.9 Å². The molecule has 0 unspecified atom stereocenters. The highest BCUT2D eigenvalue weighted by Crippen LogP contribution is 2.54. The van der Waals surface area contributed by atoms with Crippen molar-refractivity contribution in [1.82, 2.24) is 0 Å². The lowest BCUT2D eigenvalue weighted by molar-refractivity contribution is 0.463. The lowest BCUT2D eigenvalue weighted by Gasteiger charge is -2.35. The molecule has 0 radical (unpaired) electrons. The van der Waals surface area contributed by atoms with Gasteiger partial charge in [0.15, 0.2) is 0 Å². The van der Waals surface area contributed by atoms with Gasteiger partial charge in [0, 0.05) is 50.4 Å². The van der Waals surface area contributed by atoms with E-state index in [4.69, 9.17) is 9.47 Å². The van der Waals surface area contributed by atoms with E-state index in [1.54, 1.807) is 0 Å². The molecule has 0 aromatic heterocycles. The van der Waals surface area contributed by atoms with Gasteiger partial charge in [-0.3, -0.25) is 0 Å². The summed E-state index contributed by atoms with van der Waals surface area (Å²) in [6.07, 6.45) is 0. The summed E-state index contributed by atoms with van der Waals surface area (Å²) in [5.74, 6) is 3.56. The summed E-state index contributed by atoms with van der Waals surface area (Å²) in [6, 6.07) is 70.6. The lowest BCUT2D eigenvalue weighted by atomic mass is 9.34. The maximum absolute atomic E-state index is 7.01. The van der Waals surface area contributed by atoms with Crippen LogP contribution in [0.4, 0.5) is 34.1 Å². The average Bonchev–Trinajstić information content (AvgIpc) is 3.69. The van der Waals surface area contributed by atoms with Gasteiger partial charge in [-0.05, 0) is 165 Å². The summed E-state index contributed by atoms with van der Waals surface area (Å²) in [5, 5.41) is 0. The Bertz CT molecular complexity index is 3130. The molecule has 5 heteroatoms. The molecule has 0 N–H and O–H groups in total. The second kappa shape index (κ2) is 14.1. The van der Waals surface area contributed by atoms with Gasteiger partial charge in [0.25, 0.3) is 6.71 Å². The van der Waals surface area contributed by atoms with Crippen molar-refractivity contribution in [3.8, 4) is 45.3 Å². The van der Waals surface area contributed by atoms with Crippen LogP contribution in [0.3, 0.4) is 0 Å². The van der Waals surface area contributed by atoms with Crippen molar-refractivity contribution >= 4 is 57.2 Å². The molecule has 0 amide bonds. The van der Waals surface area contributed by atoms with Gasteiger partial charge in [0.1, 0.15) is 23.0 Å². The SMILES string of the molecule is Cc1cc2c3c(c1)Oc1cc4c(cc1B3c1cc3c(cc1O2)-c1ccc(N(c2ccccc2)c2ccccc2)cc1C3(C)C)C(C)(C)c1cc(N(c2ccccc2)c2ccccc2)ccc1-4. The summed E-state index contributed by atoms with van der Waals surface area (Å²) < 4.78 is 14.0. The quantitative estimate of drug-likeness (QED) is 0.156. The second-order valence-electron chi connectivity index (χ2n) is 19.4. The molecule has 2 heterocycles. The van der Waals surface area contributed by atoms with Gasteiger partial charge in [0.2, 0.25) is 0 Å². The third kappa shape index (κ3) is 5.65. The van der Waals surface area contributed by atoms with Crippen LogP contribution in [0.1, 0.15) is 55.5 Å². The van der Waals surface area contributed by atoms with Crippen molar-refractivity contribution in [3.05, 3.63) is 222 Å². The fourth-order valence-corrected chi connectivity index (χ4v) is 11.5. The number of anilines is 6. The van der Waals surface area contributed by atoms with Crippen molar-refractivity contribution in [2.75, 3.05) is 9.80 Å². The maximum Gasteiger partial charge on any atom is 0.260 e. The van der Waals surface area contributed by atoms with E-state index in [-0.39, 0.29) is 17.5 Å². The molecule has 4 aliphatic rings. The predicted octanol–water partition coefficient (Wildman–Crippen LogP) is 14.3. The standard InChI is InChI=1S/C61H47BN2O2/c1-38-30-57-59-58(31-38)66-56-35-48-46-29-27-44(64(41-22-14-8-15-23-41)42-24-16-9-17-25-42)33-50(46)61(4,5)52(48)37-54(56)62(59)53-36-51-47(34-55(53)65-57)45-28-26-43(32-49(45)60(51,2)3)63(39-18-10-6-11-19-39)40-20-12-7-13-21-40/h6-37H,1-5H3. The first-order chi connectivity index (χ1) is 32.1. The third-order valence-electron chi connectivity index (χ3n) is 14.8. The number of fused-ring (bicyclic) bond motifs is 10. The summed E-state index contributed by atoms with van der Waals surface area (Å²) in [7, 11) is 0. The van der Waals surface area contributed by atoms with E-state index >= 15 is 0 Å². The zero-order valence-corrected chi connectivity index (χ0v) is 37.8. The number of hydrogen-bond acceptors (Lipinski definition) is 4. The third-order valence-corrected chi connectivity index (χ3v) is 14.8. The van der Waals surface area contributed by atoms with Gasteiger partial charge < -0.3 is 19.3 Å². The summed E-state index contributed by atoms with van der Waals surface area (Å²) >= 11 is 0. The zero-order chi connectivity index (χ0) is 44.5. The molecule has 2 aliphatic heterocycles. The minimum atomic E-state index is -0.272. The van der Waals surface area contributed by atoms with Crippen LogP contribution in [0, 0.1) is 6.92 Å². The number of benzene rings is 9. The normalized spacial score (nSPS) is 14.6. The number of ether oxygens (including phenoxy) is 2. The molecular weight excluding hydrogens is 803 g/mol. The Hall–Kier alpha value is -7.76. The van der Waals surface area contributed by atoms with E-state index < -0.39 is 0 Å². The van der Waals surface area contributed by atoms with Crippen LogP contribution in [0.15, 0.2) is 194 Å². The number of rotatable bonds is 6. The van der Waals surface area contributed by atoms with Crippen LogP contribution in [0.2, 0.25) is 0 Å². The van der Waals surface area contributed by atoms with Crippen LogP contribution in [-0.4, -0.2) is 6.71 Å². The van der Waals surface area contributed by atoms with Gasteiger partial charge in [0.05, 0.1) is 0 Å². The van der Waals surface area contributed by atoms with Gasteiger partial charge >= 0.3 is 0 Å². The average molecular weight is 851 g/mol. The summed E-state index contributed by atoms with van der Waals surface area (Å²) in [6.45, 7) is 11.6.